The van der Waals surface area contributed by atoms with Gasteiger partial charge in [-0.1, -0.05) is 97.1 Å². The molecule has 0 spiro atoms. The van der Waals surface area contributed by atoms with E-state index in [0.717, 1.165) is 38.9 Å². The zero-order chi connectivity index (χ0) is 23.9. The predicted octanol–water partition coefficient (Wildman–Crippen LogP) is 9.82. The number of hydrogen-bond acceptors (Lipinski definition) is 2. The van der Waals surface area contributed by atoms with E-state index in [1.54, 1.807) is 0 Å². The first-order chi connectivity index (χ1) is 17.8. The van der Waals surface area contributed by atoms with Crippen molar-refractivity contribution in [1.82, 2.24) is 0 Å². The van der Waals surface area contributed by atoms with Gasteiger partial charge < -0.3 is 9.73 Å². The molecule has 1 heterocycles. The molecule has 0 aliphatic carbocycles. The molecule has 2 heteroatoms. The number of rotatable bonds is 4. The smallest absolute Gasteiger partial charge is 0.158 e. The normalized spacial score (nSPS) is 11.3. The third-order valence-electron chi connectivity index (χ3n) is 6.85. The van der Waals surface area contributed by atoms with Crippen LogP contribution in [0.1, 0.15) is 0 Å². The highest BCUT2D eigenvalue weighted by molar-refractivity contribution is 6.10. The van der Waals surface area contributed by atoms with Crippen LogP contribution in [0.15, 0.2) is 138 Å². The summed E-state index contributed by atoms with van der Waals surface area (Å²) >= 11 is 0. The fraction of sp³-hybridized carbons (Fsp3) is 0. The first kappa shape index (κ1) is 20.5. The highest BCUT2D eigenvalue weighted by atomic mass is 16.3. The number of fused-ring (bicyclic) bond motifs is 4. The summed E-state index contributed by atoms with van der Waals surface area (Å²) in [4.78, 5) is 0. The minimum Gasteiger partial charge on any atom is -0.454 e. The number of nitrogens with one attached hydrogen (secondary N) is 1. The quantitative estimate of drug-likeness (QED) is 0.282. The van der Waals surface area contributed by atoms with Crippen LogP contribution in [-0.2, 0) is 0 Å². The first-order valence-corrected chi connectivity index (χ1v) is 12.2. The number of hydrogen-bond donors (Lipinski definition) is 1. The van der Waals surface area contributed by atoms with Gasteiger partial charge in [-0.05, 0) is 69.4 Å². The zero-order valence-electron chi connectivity index (χ0n) is 19.6. The van der Waals surface area contributed by atoms with Crippen LogP contribution in [0, 0.1) is 0 Å². The summed E-state index contributed by atoms with van der Waals surface area (Å²) in [5.41, 5.74) is 8.51. The molecule has 0 aliphatic rings. The van der Waals surface area contributed by atoms with E-state index in [0.29, 0.717) is 0 Å². The molecule has 0 atom stereocenters. The maximum absolute atomic E-state index is 6.39. The molecule has 6 aromatic carbocycles. The van der Waals surface area contributed by atoms with E-state index in [1.807, 2.05) is 6.07 Å². The SMILES string of the molecule is c1ccc(-c2ccc3c(c2)oc2c(Nc4ccc(-c5ccc6ccccc6c5)cc4)cccc23)cc1. The van der Waals surface area contributed by atoms with E-state index in [-0.39, 0.29) is 0 Å². The third kappa shape index (κ3) is 3.60. The average Bonchev–Trinajstić information content (AvgIpc) is 3.33. The van der Waals surface area contributed by atoms with Crippen molar-refractivity contribution in [3.05, 3.63) is 133 Å². The van der Waals surface area contributed by atoms with Gasteiger partial charge in [-0.15, -0.1) is 0 Å². The minimum absolute atomic E-state index is 0.872. The van der Waals surface area contributed by atoms with Crippen LogP contribution in [0.4, 0.5) is 11.4 Å². The Bertz CT molecular complexity index is 1850. The molecule has 0 saturated heterocycles. The van der Waals surface area contributed by atoms with Crippen molar-refractivity contribution in [3.8, 4) is 22.3 Å². The summed E-state index contributed by atoms with van der Waals surface area (Å²) in [6.45, 7) is 0. The second-order valence-electron chi connectivity index (χ2n) is 9.13. The lowest BCUT2D eigenvalue weighted by atomic mass is 10.0. The van der Waals surface area contributed by atoms with Crippen LogP contribution < -0.4 is 5.32 Å². The van der Waals surface area contributed by atoms with Gasteiger partial charge in [-0.25, -0.2) is 0 Å². The third-order valence-corrected chi connectivity index (χ3v) is 6.85. The van der Waals surface area contributed by atoms with Crippen molar-refractivity contribution in [1.29, 1.82) is 0 Å². The van der Waals surface area contributed by atoms with E-state index in [2.05, 4.69) is 133 Å². The maximum Gasteiger partial charge on any atom is 0.158 e. The van der Waals surface area contributed by atoms with Gasteiger partial charge in [0, 0.05) is 16.5 Å². The number of furan rings is 1. The first-order valence-electron chi connectivity index (χ1n) is 12.2. The number of benzene rings is 6. The molecular weight excluding hydrogens is 438 g/mol. The van der Waals surface area contributed by atoms with Crippen molar-refractivity contribution in [2.75, 3.05) is 5.32 Å². The van der Waals surface area contributed by atoms with E-state index in [9.17, 15) is 0 Å². The maximum atomic E-state index is 6.39. The molecule has 2 nitrogen and oxygen atoms in total. The molecule has 0 radical (unpaired) electrons. The Kier molecular flexibility index (Phi) is 4.82. The van der Waals surface area contributed by atoms with Gasteiger partial charge in [0.25, 0.3) is 0 Å². The van der Waals surface area contributed by atoms with Crippen LogP contribution in [0.3, 0.4) is 0 Å². The van der Waals surface area contributed by atoms with Crippen molar-refractivity contribution in [2.24, 2.45) is 0 Å². The summed E-state index contributed by atoms with van der Waals surface area (Å²) in [6, 6.07) is 46.8. The van der Waals surface area contributed by atoms with Crippen molar-refractivity contribution >= 4 is 44.1 Å². The molecule has 7 rings (SSSR count). The molecule has 1 aromatic heterocycles. The monoisotopic (exact) mass is 461 g/mol. The second kappa shape index (κ2) is 8.44. The largest absolute Gasteiger partial charge is 0.454 e. The summed E-state index contributed by atoms with van der Waals surface area (Å²) in [5, 5.41) is 8.32. The summed E-state index contributed by atoms with van der Waals surface area (Å²) in [5.74, 6) is 0. The molecule has 0 unspecified atom stereocenters. The van der Waals surface area contributed by atoms with E-state index in [4.69, 9.17) is 4.42 Å². The van der Waals surface area contributed by atoms with Crippen molar-refractivity contribution in [3.63, 3.8) is 0 Å². The highest BCUT2D eigenvalue weighted by Crippen LogP contribution is 2.37. The van der Waals surface area contributed by atoms with Crippen LogP contribution >= 0.6 is 0 Å². The molecule has 36 heavy (non-hydrogen) atoms. The fourth-order valence-corrected chi connectivity index (χ4v) is 4.98. The Hall–Kier alpha value is -4.82. The molecule has 1 N–H and O–H groups in total. The molecule has 0 bridgehead atoms. The topological polar surface area (TPSA) is 25.2 Å². The molecule has 0 saturated carbocycles. The minimum atomic E-state index is 0.872. The standard InChI is InChI=1S/C34H23NO/c1-2-7-23(8-3-1)28-17-20-30-31-11-6-12-32(34(31)36-33(30)22-28)35-29-18-15-25(16-19-29)27-14-13-24-9-4-5-10-26(24)21-27/h1-22,35H. The van der Waals surface area contributed by atoms with Gasteiger partial charge >= 0.3 is 0 Å². The van der Waals surface area contributed by atoms with Crippen LogP contribution in [0.25, 0.3) is 55.0 Å². The highest BCUT2D eigenvalue weighted by Gasteiger charge is 2.12. The summed E-state index contributed by atoms with van der Waals surface area (Å²) < 4.78 is 6.39. The Morgan fingerprint density at radius 3 is 2.00 bits per heavy atom. The van der Waals surface area contributed by atoms with E-state index < -0.39 is 0 Å². The fourth-order valence-electron chi connectivity index (χ4n) is 4.98. The van der Waals surface area contributed by atoms with Gasteiger partial charge in [0.1, 0.15) is 5.58 Å². The Morgan fingerprint density at radius 2 is 1.14 bits per heavy atom. The Labute approximate surface area is 209 Å². The van der Waals surface area contributed by atoms with Crippen LogP contribution in [-0.4, -0.2) is 0 Å². The number of para-hydroxylation sites is 1. The average molecular weight is 462 g/mol. The molecular formula is C34H23NO. The van der Waals surface area contributed by atoms with Crippen LogP contribution in [0.2, 0.25) is 0 Å². The van der Waals surface area contributed by atoms with Crippen molar-refractivity contribution < 1.29 is 4.42 Å². The van der Waals surface area contributed by atoms with Gasteiger partial charge in [0.15, 0.2) is 5.58 Å². The lowest BCUT2D eigenvalue weighted by molar-refractivity contribution is 0.670. The number of anilines is 2. The predicted molar refractivity (Wildman–Crippen MR) is 152 cm³/mol. The second-order valence-corrected chi connectivity index (χ2v) is 9.13. The molecule has 7 aromatic rings. The van der Waals surface area contributed by atoms with Gasteiger partial charge in [-0.3, -0.25) is 0 Å². The Balaban J connectivity index is 1.21. The van der Waals surface area contributed by atoms with E-state index in [1.165, 1.54) is 27.5 Å². The van der Waals surface area contributed by atoms with Crippen molar-refractivity contribution in [2.45, 2.75) is 0 Å². The summed E-state index contributed by atoms with van der Waals surface area (Å²) in [6.07, 6.45) is 0. The van der Waals surface area contributed by atoms with Gasteiger partial charge in [0.2, 0.25) is 0 Å². The lowest BCUT2D eigenvalue weighted by Crippen LogP contribution is -1.90. The molecule has 0 amide bonds. The van der Waals surface area contributed by atoms with Gasteiger partial charge in [0.05, 0.1) is 5.69 Å². The molecule has 0 aliphatic heterocycles. The summed E-state index contributed by atoms with van der Waals surface area (Å²) in [7, 11) is 0. The van der Waals surface area contributed by atoms with Crippen LogP contribution in [0.5, 0.6) is 0 Å². The lowest BCUT2D eigenvalue weighted by Gasteiger charge is -2.09. The van der Waals surface area contributed by atoms with E-state index >= 15 is 0 Å². The Morgan fingerprint density at radius 1 is 0.444 bits per heavy atom. The molecule has 170 valence electrons. The zero-order valence-corrected chi connectivity index (χ0v) is 19.6. The molecule has 0 fully saturated rings. The van der Waals surface area contributed by atoms with Gasteiger partial charge in [-0.2, -0.15) is 0 Å².